The summed E-state index contributed by atoms with van der Waals surface area (Å²) in [5, 5.41) is 21.9. The Bertz CT molecular complexity index is 831. The van der Waals surface area contributed by atoms with Crippen LogP contribution in [-0.2, 0) is 24.0 Å². The summed E-state index contributed by atoms with van der Waals surface area (Å²) in [7, 11) is 1.65. The molecule has 3 rings (SSSR count). The second-order valence-electron chi connectivity index (χ2n) is 7.98. The van der Waals surface area contributed by atoms with E-state index in [0.29, 0.717) is 42.1 Å². The predicted molar refractivity (Wildman–Crippen MR) is 107 cm³/mol. The van der Waals surface area contributed by atoms with Gasteiger partial charge >= 0.3 is 0 Å². The number of hydrogen-bond acceptors (Lipinski definition) is 4. The van der Waals surface area contributed by atoms with Crippen LogP contribution in [0.5, 0.6) is 17.2 Å². The molecule has 2 N–H and O–H groups in total. The Morgan fingerprint density at radius 2 is 1.59 bits per heavy atom. The first-order valence-corrected chi connectivity index (χ1v) is 9.63. The average Bonchev–Trinajstić information content (AvgIpc) is 3.45. The monoisotopic (exact) mass is 370 g/mol. The van der Waals surface area contributed by atoms with Crippen LogP contribution in [0.25, 0.3) is 0 Å². The highest BCUT2D eigenvalue weighted by molar-refractivity contribution is 5.65. The van der Waals surface area contributed by atoms with Gasteiger partial charge in [0.05, 0.1) is 7.11 Å². The minimum atomic E-state index is 0.116. The van der Waals surface area contributed by atoms with Crippen molar-refractivity contribution in [2.45, 2.75) is 59.8 Å². The summed E-state index contributed by atoms with van der Waals surface area (Å²) >= 11 is 0. The Labute approximate surface area is 161 Å². The molecule has 0 atom stereocenters. The Hall–Kier alpha value is -2.36. The van der Waals surface area contributed by atoms with E-state index in [9.17, 15) is 10.2 Å². The van der Waals surface area contributed by atoms with Crippen molar-refractivity contribution in [3.05, 3.63) is 51.5 Å². The van der Waals surface area contributed by atoms with Gasteiger partial charge < -0.3 is 19.7 Å². The average molecular weight is 370 g/mol. The van der Waals surface area contributed by atoms with Crippen LogP contribution < -0.4 is 4.74 Å². The van der Waals surface area contributed by atoms with Gasteiger partial charge in [-0.3, -0.25) is 0 Å². The molecule has 1 aliphatic carbocycles. The summed E-state index contributed by atoms with van der Waals surface area (Å²) < 4.78 is 11.8. The lowest BCUT2D eigenvalue weighted by Gasteiger charge is -2.27. The number of benzene rings is 1. The molecule has 4 heteroatoms. The van der Waals surface area contributed by atoms with E-state index < -0.39 is 0 Å². The lowest BCUT2D eigenvalue weighted by molar-refractivity contribution is 0.229. The van der Waals surface area contributed by atoms with Gasteiger partial charge in [0.1, 0.15) is 28.8 Å². The molecule has 1 saturated carbocycles. The lowest BCUT2D eigenvalue weighted by Crippen LogP contribution is -2.16. The third-order valence-electron chi connectivity index (χ3n) is 5.14. The summed E-state index contributed by atoms with van der Waals surface area (Å²) in [6.45, 7) is 8.08. The first-order chi connectivity index (χ1) is 12.8. The number of rotatable bonds is 6. The molecule has 1 aromatic carbocycles. The molecule has 0 unspecified atom stereocenters. The van der Waals surface area contributed by atoms with Crippen LogP contribution in [0, 0.1) is 5.92 Å². The van der Waals surface area contributed by atoms with Crippen molar-refractivity contribution < 1.29 is 19.7 Å². The van der Waals surface area contributed by atoms with E-state index in [1.807, 2.05) is 33.8 Å². The Morgan fingerprint density at radius 3 is 2.11 bits per heavy atom. The van der Waals surface area contributed by atoms with Crippen LogP contribution in [-0.4, -0.2) is 17.3 Å². The van der Waals surface area contributed by atoms with Gasteiger partial charge in [0.25, 0.3) is 0 Å². The molecule has 0 amide bonds. The van der Waals surface area contributed by atoms with Gasteiger partial charge in [-0.25, -0.2) is 0 Å². The van der Waals surface area contributed by atoms with E-state index in [1.54, 1.807) is 7.11 Å². The Kier molecular flexibility index (Phi) is 5.54. The van der Waals surface area contributed by atoms with E-state index in [4.69, 9.17) is 9.47 Å². The second kappa shape index (κ2) is 7.71. The zero-order chi connectivity index (χ0) is 19.7. The quantitative estimate of drug-likeness (QED) is 0.666. The Morgan fingerprint density at radius 1 is 1.00 bits per heavy atom. The van der Waals surface area contributed by atoms with Gasteiger partial charge in [-0.1, -0.05) is 23.3 Å². The zero-order valence-electron chi connectivity index (χ0n) is 17.0. The van der Waals surface area contributed by atoms with Gasteiger partial charge in [0.2, 0.25) is 0 Å². The van der Waals surface area contributed by atoms with Crippen molar-refractivity contribution in [2.24, 2.45) is 5.92 Å². The van der Waals surface area contributed by atoms with Crippen molar-refractivity contribution in [2.75, 3.05) is 7.11 Å². The molecular weight excluding hydrogens is 340 g/mol. The lowest BCUT2D eigenvalue weighted by atomic mass is 9.92. The van der Waals surface area contributed by atoms with Crippen LogP contribution in [0.4, 0.5) is 0 Å². The highest BCUT2D eigenvalue weighted by Gasteiger charge is 2.37. The number of phenolic OH excluding ortho intramolecular Hbond substituents is 2. The number of methoxy groups -OCH3 is 1. The van der Waals surface area contributed by atoms with Crippen molar-refractivity contribution in [3.8, 4) is 17.2 Å². The summed E-state index contributed by atoms with van der Waals surface area (Å²) in [5.74, 6) is 2.89. The molecule has 1 fully saturated rings. The van der Waals surface area contributed by atoms with Gasteiger partial charge in [0, 0.05) is 29.0 Å². The summed E-state index contributed by atoms with van der Waals surface area (Å²) in [5.41, 5.74) is 4.33. The van der Waals surface area contributed by atoms with Crippen molar-refractivity contribution in [1.82, 2.24) is 0 Å². The molecule has 0 radical (unpaired) electrons. The zero-order valence-corrected chi connectivity index (χ0v) is 17.0. The number of hydrogen-bond donors (Lipinski definition) is 2. The van der Waals surface area contributed by atoms with E-state index in [-0.39, 0.29) is 11.5 Å². The van der Waals surface area contributed by atoms with E-state index in [1.165, 1.54) is 5.57 Å². The van der Waals surface area contributed by atoms with Crippen molar-refractivity contribution in [1.29, 1.82) is 0 Å². The molecule has 1 heterocycles. The van der Waals surface area contributed by atoms with E-state index in [2.05, 4.69) is 6.08 Å². The maximum absolute atomic E-state index is 11.0. The maximum Gasteiger partial charge on any atom is 0.145 e. The summed E-state index contributed by atoms with van der Waals surface area (Å²) in [6, 6.07) is 0. The standard InChI is InChI=1S/C23H30O4/c1-13(2)6-10-16-20(24)17(11-7-14(3)4)23-18(21(16)25)12-19(26-5)22(27-23)15-8-9-15/h6-7,15,24-25H,8-12H2,1-5H3. The number of ether oxygens (including phenoxy) is 2. The summed E-state index contributed by atoms with van der Waals surface area (Å²) in [6.07, 6.45) is 7.82. The van der Waals surface area contributed by atoms with Crippen LogP contribution in [0.15, 0.2) is 34.8 Å². The minimum absolute atomic E-state index is 0.116. The first kappa shape index (κ1) is 19.4. The summed E-state index contributed by atoms with van der Waals surface area (Å²) in [4.78, 5) is 0. The minimum Gasteiger partial charge on any atom is -0.507 e. The van der Waals surface area contributed by atoms with Gasteiger partial charge in [-0.15, -0.1) is 0 Å². The number of phenols is 2. The second-order valence-corrected chi connectivity index (χ2v) is 7.98. The van der Waals surface area contributed by atoms with Crippen LogP contribution in [0.2, 0.25) is 0 Å². The normalized spacial score (nSPS) is 15.7. The predicted octanol–water partition coefficient (Wildman–Crippen LogP) is 5.32. The smallest absolute Gasteiger partial charge is 0.145 e. The molecular formula is C23H30O4. The van der Waals surface area contributed by atoms with Crippen LogP contribution in [0.3, 0.4) is 0 Å². The Balaban J connectivity index is 2.14. The van der Waals surface area contributed by atoms with E-state index in [0.717, 1.165) is 35.5 Å². The van der Waals surface area contributed by atoms with Gasteiger partial charge in [-0.2, -0.15) is 0 Å². The molecule has 0 saturated heterocycles. The molecule has 2 aliphatic rings. The molecule has 4 nitrogen and oxygen atoms in total. The third-order valence-corrected chi connectivity index (χ3v) is 5.14. The highest BCUT2D eigenvalue weighted by Crippen LogP contribution is 2.50. The fourth-order valence-corrected chi connectivity index (χ4v) is 3.40. The molecule has 27 heavy (non-hydrogen) atoms. The number of fused-ring (bicyclic) bond motifs is 1. The SMILES string of the molecule is COC1=C(C2CC2)Oc2c(CC=C(C)C)c(O)c(CC=C(C)C)c(O)c2C1. The van der Waals surface area contributed by atoms with Gasteiger partial charge in [-0.05, 0) is 53.4 Å². The van der Waals surface area contributed by atoms with Crippen molar-refractivity contribution in [3.63, 3.8) is 0 Å². The maximum atomic E-state index is 11.0. The van der Waals surface area contributed by atoms with Crippen molar-refractivity contribution >= 4 is 0 Å². The molecule has 146 valence electrons. The largest absolute Gasteiger partial charge is 0.507 e. The molecule has 1 aliphatic heterocycles. The molecule has 0 aromatic heterocycles. The molecule has 1 aromatic rings. The first-order valence-electron chi connectivity index (χ1n) is 9.63. The fourth-order valence-electron chi connectivity index (χ4n) is 3.40. The fraction of sp³-hybridized carbons (Fsp3) is 0.478. The number of allylic oxidation sites excluding steroid dienone is 6. The number of aromatic hydroxyl groups is 2. The third kappa shape index (κ3) is 4.00. The van der Waals surface area contributed by atoms with Crippen LogP contribution in [0.1, 0.15) is 57.2 Å². The molecule has 0 spiro atoms. The van der Waals surface area contributed by atoms with Crippen LogP contribution >= 0.6 is 0 Å². The topological polar surface area (TPSA) is 58.9 Å². The highest BCUT2D eigenvalue weighted by atomic mass is 16.5. The molecule has 0 bridgehead atoms. The van der Waals surface area contributed by atoms with E-state index >= 15 is 0 Å². The van der Waals surface area contributed by atoms with Gasteiger partial charge in [0.15, 0.2) is 0 Å².